The van der Waals surface area contributed by atoms with E-state index in [2.05, 4.69) is 4.90 Å². The number of para-hydroxylation sites is 1. The lowest BCUT2D eigenvalue weighted by atomic mass is 10.1. The first-order valence-electron chi connectivity index (χ1n) is 10.9. The minimum absolute atomic E-state index is 0.0794. The first-order valence-corrected chi connectivity index (χ1v) is 12.6. The van der Waals surface area contributed by atoms with Gasteiger partial charge in [0.1, 0.15) is 5.75 Å². The number of amides is 1. The Kier molecular flexibility index (Phi) is 6.28. The van der Waals surface area contributed by atoms with Crippen molar-refractivity contribution >= 4 is 54.8 Å². The normalized spacial score (nSPS) is 11.4. The highest BCUT2D eigenvalue weighted by atomic mass is 32.1. The predicted molar refractivity (Wildman–Crippen MR) is 141 cm³/mol. The molecule has 5 rings (SSSR count). The quantitative estimate of drug-likeness (QED) is 0.290. The maximum absolute atomic E-state index is 14.1. The molecule has 0 N–H and O–H groups in total. The molecular weight excluding hydrogens is 464 g/mol. The molecule has 0 aliphatic carbocycles. The smallest absolute Gasteiger partial charge is 0.260 e. The number of thiazole rings is 1. The fraction of sp³-hybridized carbons (Fsp3) is 0.192. The van der Waals surface area contributed by atoms with E-state index in [1.54, 1.807) is 23.3 Å². The van der Waals surface area contributed by atoms with Crippen LogP contribution in [0.4, 0.5) is 5.13 Å². The third kappa shape index (κ3) is 4.40. The van der Waals surface area contributed by atoms with E-state index < -0.39 is 0 Å². The molecule has 0 bridgehead atoms. The summed E-state index contributed by atoms with van der Waals surface area (Å²) in [4.78, 5) is 28.6. The molecule has 0 saturated heterocycles. The van der Waals surface area contributed by atoms with Crippen LogP contribution < -0.4 is 9.64 Å². The van der Waals surface area contributed by atoms with E-state index in [0.717, 1.165) is 37.4 Å². The second-order valence-electron chi connectivity index (χ2n) is 8.14. The largest absolute Gasteiger partial charge is 0.497 e. The molecule has 3 aromatic heterocycles. The van der Waals surface area contributed by atoms with Gasteiger partial charge >= 0.3 is 0 Å². The van der Waals surface area contributed by atoms with E-state index >= 15 is 0 Å². The molecular formula is C26H24N4O2S2. The van der Waals surface area contributed by atoms with Crippen LogP contribution in [0, 0.1) is 0 Å². The molecule has 34 heavy (non-hydrogen) atoms. The number of benzene rings is 2. The van der Waals surface area contributed by atoms with Crippen LogP contribution >= 0.6 is 22.7 Å². The number of carbonyl (C=O) groups is 1. The summed E-state index contributed by atoms with van der Waals surface area (Å²) in [5.74, 6) is 0.667. The van der Waals surface area contributed by atoms with E-state index in [1.807, 2.05) is 80.1 Å². The summed E-state index contributed by atoms with van der Waals surface area (Å²) in [5.41, 5.74) is 3.06. The number of thiophene rings is 1. The van der Waals surface area contributed by atoms with Crippen molar-refractivity contribution in [3.63, 3.8) is 0 Å². The number of ether oxygens (including phenoxy) is 1. The Labute approximate surface area is 206 Å². The number of fused-ring (bicyclic) bond motifs is 2. The summed E-state index contributed by atoms with van der Waals surface area (Å²) in [6.07, 6.45) is 0. The molecule has 5 aromatic rings. The van der Waals surface area contributed by atoms with Crippen molar-refractivity contribution in [3.8, 4) is 16.3 Å². The predicted octanol–water partition coefficient (Wildman–Crippen LogP) is 5.79. The first kappa shape index (κ1) is 22.5. The third-order valence-electron chi connectivity index (χ3n) is 5.55. The maximum atomic E-state index is 14.1. The number of hydrogen-bond donors (Lipinski definition) is 0. The van der Waals surface area contributed by atoms with E-state index in [1.165, 1.54) is 11.3 Å². The molecule has 0 radical (unpaired) electrons. The van der Waals surface area contributed by atoms with Gasteiger partial charge in [-0.2, -0.15) is 0 Å². The number of rotatable bonds is 7. The van der Waals surface area contributed by atoms with Crippen molar-refractivity contribution in [2.75, 3.05) is 39.2 Å². The summed E-state index contributed by atoms with van der Waals surface area (Å²) in [6, 6.07) is 19.6. The van der Waals surface area contributed by atoms with Crippen molar-refractivity contribution in [2.24, 2.45) is 0 Å². The molecule has 0 aliphatic heterocycles. The topological polar surface area (TPSA) is 58.6 Å². The standard InChI is InChI=1S/C26H24N4O2S2/c1-29(2)12-13-30(26-28-21-15-17(32-3)10-11-24(21)34-26)25(31)19-16-22(23-9-6-14-33-23)27-20-8-5-4-7-18(19)20/h4-11,14-16H,12-13H2,1-3H3. The second-order valence-corrected chi connectivity index (χ2v) is 10.1. The SMILES string of the molecule is COc1ccc2sc(N(CCN(C)C)C(=O)c3cc(-c4cccs4)nc4ccccc34)nc2c1. The van der Waals surface area contributed by atoms with E-state index in [4.69, 9.17) is 14.7 Å². The zero-order chi connectivity index (χ0) is 23.7. The number of pyridine rings is 1. The molecule has 0 fully saturated rings. The van der Waals surface area contributed by atoms with E-state index in [-0.39, 0.29) is 5.91 Å². The van der Waals surface area contributed by atoms with Gasteiger partial charge in [-0.25, -0.2) is 9.97 Å². The van der Waals surface area contributed by atoms with Gasteiger partial charge in [-0.05, 0) is 49.8 Å². The van der Waals surface area contributed by atoms with Gasteiger partial charge in [-0.15, -0.1) is 11.3 Å². The molecule has 6 nitrogen and oxygen atoms in total. The van der Waals surface area contributed by atoms with Crippen LogP contribution in [0.1, 0.15) is 10.4 Å². The Morgan fingerprint density at radius 1 is 0.971 bits per heavy atom. The molecule has 172 valence electrons. The first-order chi connectivity index (χ1) is 16.5. The molecule has 0 aliphatic rings. The van der Waals surface area contributed by atoms with Gasteiger partial charge in [-0.3, -0.25) is 9.69 Å². The minimum Gasteiger partial charge on any atom is -0.497 e. The molecule has 0 unspecified atom stereocenters. The fourth-order valence-corrected chi connectivity index (χ4v) is 5.43. The number of methoxy groups -OCH3 is 1. The van der Waals surface area contributed by atoms with E-state index in [0.29, 0.717) is 23.8 Å². The van der Waals surface area contributed by atoms with Gasteiger partial charge in [0, 0.05) is 24.5 Å². The summed E-state index contributed by atoms with van der Waals surface area (Å²) in [5, 5.41) is 3.53. The van der Waals surface area contributed by atoms with Gasteiger partial charge in [0.15, 0.2) is 5.13 Å². The van der Waals surface area contributed by atoms with Gasteiger partial charge in [-0.1, -0.05) is 35.6 Å². The van der Waals surface area contributed by atoms with Crippen LogP contribution in [0.5, 0.6) is 5.75 Å². The zero-order valence-electron chi connectivity index (χ0n) is 19.2. The van der Waals surface area contributed by atoms with Crippen LogP contribution in [0.2, 0.25) is 0 Å². The molecule has 1 amide bonds. The van der Waals surface area contributed by atoms with Crippen molar-refractivity contribution in [1.29, 1.82) is 0 Å². The van der Waals surface area contributed by atoms with Crippen molar-refractivity contribution in [1.82, 2.24) is 14.9 Å². The average molecular weight is 489 g/mol. The Bertz CT molecular complexity index is 1460. The molecule has 2 aromatic carbocycles. The van der Waals surface area contributed by atoms with Crippen molar-refractivity contribution in [3.05, 3.63) is 71.6 Å². The summed E-state index contributed by atoms with van der Waals surface area (Å²) in [6.45, 7) is 1.24. The van der Waals surface area contributed by atoms with Crippen LogP contribution in [0.3, 0.4) is 0 Å². The molecule has 8 heteroatoms. The molecule has 0 atom stereocenters. The summed E-state index contributed by atoms with van der Waals surface area (Å²) >= 11 is 3.13. The van der Waals surface area contributed by atoms with Gasteiger partial charge in [0.25, 0.3) is 5.91 Å². The molecule has 0 saturated carbocycles. The third-order valence-corrected chi connectivity index (χ3v) is 7.50. The number of nitrogens with zero attached hydrogens (tertiary/aromatic N) is 4. The fourth-order valence-electron chi connectivity index (χ4n) is 3.77. The zero-order valence-corrected chi connectivity index (χ0v) is 20.8. The van der Waals surface area contributed by atoms with Crippen LogP contribution in [0.15, 0.2) is 66.0 Å². The van der Waals surface area contributed by atoms with Gasteiger partial charge in [0.05, 0.1) is 39.0 Å². The van der Waals surface area contributed by atoms with Crippen molar-refractivity contribution in [2.45, 2.75) is 0 Å². The second kappa shape index (κ2) is 9.50. The van der Waals surface area contributed by atoms with Gasteiger partial charge in [0.2, 0.25) is 0 Å². The lowest BCUT2D eigenvalue weighted by molar-refractivity contribution is 0.0986. The number of likely N-dealkylation sites (N-methyl/N-ethyl adjacent to an activating group) is 1. The molecule has 3 heterocycles. The summed E-state index contributed by atoms with van der Waals surface area (Å²) < 4.78 is 6.37. The number of anilines is 1. The Morgan fingerprint density at radius 2 is 1.82 bits per heavy atom. The Hall–Kier alpha value is -3.33. The average Bonchev–Trinajstić information content (AvgIpc) is 3.53. The maximum Gasteiger partial charge on any atom is 0.260 e. The van der Waals surface area contributed by atoms with Crippen LogP contribution in [-0.2, 0) is 0 Å². The lowest BCUT2D eigenvalue weighted by Gasteiger charge is -2.23. The number of hydrogen-bond acceptors (Lipinski definition) is 7. The number of carbonyl (C=O) groups excluding carboxylic acids is 1. The van der Waals surface area contributed by atoms with Crippen LogP contribution in [-0.4, -0.2) is 55.1 Å². The lowest BCUT2D eigenvalue weighted by Crippen LogP contribution is -2.37. The Morgan fingerprint density at radius 3 is 2.59 bits per heavy atom. The monoisotopic (exact) mass is 488 g/mol. The van der Waals surface area contributed by atoms with E-state index in [9.17, 15) is 4.79 Å². The Balaban J connectivity index is 1.63. The summed E-state index contributed by atoms with van der Waals surface area (Å²) in [7, 11) is 5.65. The minimum atomic E-state index is -0.0794. The van der Waals surface area contributed by atoms with Gasteiger partial charge < -0.3 is 9.64 Å². The highest BCUT2D eigenvalue weighted by Gasteiger charge is 2.24. The molecule has 0 spiro atoms. The number of aromatic nitrogens is 2. The van der Waals surface area contributed by atoms with Crippen molar-refractivity contribution < 1.29 is 9.53 Å². The highest BCUT2D eigenvalue weighted by Crippen LogP contribution is 2.34. The highest BCUT2D eigenvalue weighted by molar-refractivity contribution is 7.22. The van der Waals surface area contributed by atoms with Crippen LogP contribution in [0.25, 0.3) is 31.7 Å².